The van der Waals surface area contributed by atoms with Crippen molar-refractivity contribution in [2.75, 3.05) is 24.3 Å². The quantitative estimate of drug-likeness (QED) is 0.756. The van der Waals surface area contributed by atoms with E-state index < -0.39 is 5.97 Å². The number of nitrogens with zero attached hydrogens (tertiary/aromatic N) is 2. The van der Waals surface area contributed by atoms with Crippen LogP contribution in [0.5, 0.6) is 0 Å². The normalized spacial score (nSPS) is 14.9. The highest BCUT2D eigenvalue weighted by Gasteiger charge is 2.21. The highest BCUT2D eigenvalue weighted by Crippen LogP contribution is 2.24. The molecule has 3 rings (SSSR count). The summed E-state index contributed by atoms with van der Waals surface area (Å²) in [6.45, 7) is 3.35. The second-order valence-electron chi connectivity index (χ2n) is 6.47. The van der Waals surface area contributed by atoms with Crippen molar-refractivity contribution in [3.63, 3.8) is 0 Å². The van der Waals surface area contributed by atoms with Crippen LogP contribution in [-0.4, -0.2) is 45.7 Å². The first-order chi connectivity index (χ1) is 13.0. The summed E-state index contributed by atoms with van der Waals surface area (Å²) in [5.74, 6) is -0.389. The third-order valence-corrected chi connectivity index (χ3v) is 5.49. The molecule has 1 aliphatic rings. The number of hydrogen-bond acceptors (Lipinski definition) is 5. The Labute approximate surface area is 162 Å². The molecular formula is C19H23N3O4S. The summed E-state index contributed by atoms with van der Waals surface area (Å²) in [4.78, 5) is 23.3. The van der Waals surface area contributed by atoms with E-state index in [-0.39, 0.29) is 17.7 Å². The summed E-state index contributed by atoms with van der Waals surface area (Å²) in [5, 5.41) is 16.1. The number of carbonyl (C=O) groups excluding carboxylic acids is 1. The molecule has 2 aromatic rings. The van der Waals surface area contributed by atoms with Crippen LogP contribution >= 0.6 is 11.8 Å². The molecule has 1 saturated heterocycles. The Bertz CT molecular complexity index is 815. The van der Waals surface area contributed by atoms with E-state index in [9.17, 15) is 9.59 Å². The van der Waals surface area contributed by atoms with E-state index in [4.69, 9.17) is 9.84 Å². The number of carboxylic acids is 1. The van der Waals surface area contributed by atoms with E-state index in [2.05, 4.69) is 10.4 Å². The van der Waals surface area contributed by atoms with E-state index in [0.717, 1.165) is 37.3 Å². The number of benzene rings is 1. The van der Waals surface area contributed by atoms with Crippen molar-refractivity contribution in [3.8, 4) is 0 Å². The number of rotatable bonds is 7. The van der Waals surface area contributed by atoms with Crippen LogP contribution in [0, 0.1) is 6.92 Å². The summed E-state index contributed by atoms with van der Waals surface area (Å²) in [5.41, 5.74) is 3.07. The molecule has 0 radical (unpaired) electrons. The summed E-state index contributed by atoms with van der Waals surface area (Å²) in [7, 11) is 0. The van der Waals surface area contributed by atoms with Gasteiger partial charge in [0, 0.05) is 30.3 Å². The number of thioether (sulfide) groups is 1. The lowest BCUT2D eigenvalue weighted by Crippen LogP contribution is -2.22. The SMILES string of the molecule is Cc1c(C(=O)Nc2cccc(CSCC(=O)O)c2)cnn1C1CCOCC1. The first-order valence-corrected chi connectivity index (χ1v) is 10.0. The Morgan fingerprint density at radius 1 is 1.37 bits per heavy atom. The van der Waals surface area contributed by atoms with Gasteiger partial charge in [0.25, 0.3) is 5.91 Å². The van der Waals surface area contributed by atoms with Gasteiger partial charge in [-0.15, -0.1) is 11.8 Å². The lowest BCUT2D eigenvalue weighted by Gasteiger charge is -2.23. The summed E-state index contributed by atoms with van der Waals surface area (Å²) >= 11 is 1.32. The zero-order valence-corrected chi connectivity index (χ0v) is 16.0. The first kappa shape index (κ1) is 19.4. The summed E-state index contributed by atoms with van der Waals surface area (Å²) in [6, 6.07) is 7.73. The van der Waals surface area contributed by atoms with Gasteiger partial charge in [-0.3, -0.25) is 14.3 Å². The molecule has 0 atom stereocenters. The van der Waals surface area contributed by atoms with Gasteiger partial charge in [0.2, 0.25) is 0 Å². The fourth-order valence-electron chi connectivity index (χ4n) is 3.14. The largest absolute Gasteiger partial charge is 0.481 e. The molecule has 1 aliphatic heterocycles. The van der Waals surface area contributed by atoms with Crippen LogP contribution in [0.25, 0.3) is 0 Å². The molecule has 27 heavy (non-hydrogen) atoms. The third-order valence-electron chi connectivity index (χ3n) is 4.51. The molecular weight excluding hydrogens is 366 g/mol. The number of ether oxygens (including phenoxy) is 1. The molecule has 1 amide bonds. The molecule has 7 nitrogen and oxygen atoms in total. The number of hydrogen-bond donors (Lipinski definition) is 2. The van der Waals surface area contributed by atoms with Gasteiger partial charge in [0.1, 0.15) is 0 Å². The number of nitrogens with one attached hydrogen (secondary N) is 1. The van der Waals surface area contributed by atoms with Crippen LogP contribution in [0.2, 0.25) is 0 Å². The molecule has 0 unspecified atom stereocenters. The van der Waals surface area contributed by atoms with Crippen LogP contribution in [0.4, 0.5) is 5.69 Å². The fourth-order valence-corrected chi connectivity index (χ4v) is 3.83. The van der Waals surface area contributed by atoms with E-state index in [1.54, 1.807) is 6.20 Å². The number of anilines is 1. The average Bonchev–Trinajstić information content (AvgIpc) is 3.04. The minimum absolute atomic E-state index is 0.0567. The van der Waals surface area contributed by atoms with Gasteiger partial charge in [0.05, 0.1) is 23.6 Å². The Morgan fingerprint density at radius 2 is 2.15 bits per heavy atom. The second kappa shape index (κ2) is 9.05. The van der Waals surface area contributed by atoms with Crippen molar-refractivity contribution in [2.45, 2.75) is 31.6 Å². The standard InChI is InChI=1S/C19H23N3O4S/c1-13-17(10-20-22(13)16-5-7-26-8-6-16)19(25)21-15-4-2-3-14(9-15)11-27-12-18(23)24/h2-4,9-10,16H,5-8,11-12H2,1H3,(H,21,25)(H,23,24). The van der Waals surface area contributed by atoms with Crippen molar-refractivity contribution in [3.05, 3.63) is 47.3 Å². The maximum atomic E-state index is 12.7. The fraction of sp³-hybridized carbons (Fsp3) is 0.421. The van der Waals surface area contributed by atoms with Crippen LogP contribution in [0.15, 0.2) is 30.5 Å². The number of carboxylic acid groups (broad SMARTS) is 1. The number of aliphatic carboxylic acids is 1. The second-order valence-corrected chi connectivity index (χ2v) is 7.46. The third kappa shape index (κ3) is 5.11. The van der Waals surface area contributed by atoms with Crippen LogP contribution in [-0.2, 0) is 15.3 Å². The molecule has 1 aromatic heterocycles. The van der Waals surface area contributed by atoms with Gasteiger partial charge in [-0.25, -0.2) is 0 Å². The van der Waals surface area contributed by atoms with Crippen molar-refractivity contribution >= 4 is 29.3 Å². The molecule has 2 N–H and O–H groups in total. The van der Waals surface area contributed by atoms with Crippen LogP contribution in [0.3, 0.4) is 0 Å². The Hall–Kier alpha value is -2.32. The summed E-state index contributed by atoms with van der Waals surface area (Å²) in [6.07, 6.45) is 3.42. The minimum Gasteiger partial charge on any atom is -0.481 e. The Kier molecular flexibility index (Phi) is 6.52. The predicted molar refractivity (Wildman–Crippen MR) is 104 cm³/mol. The molecule has 1 fully saturated rings. The number of carbonyl (C=O) groups is 2. The van der Waals surface area contributed by atoms with Gasteiger partial charge in [-0.2, -0.15) is 5.10 Å². The van der Waals surface area contributed by atoms with Gasteiger partial charge in [0.15, 0.2) is 0 Å². The van der Waals surface area contributed by atoms with E-state index in [1.165, 1.54) is 11.8 Å². The van der Waals surface area contributed by atoms with E-state index in [0.29, 0.717) is 17.0 Å². The van der Waals surface area contributed by atoms with Crippen LogP contribution in [0.1, 0.15) is 40.5 Å². The first-order valence-electron chi connectivity index (χ1n) is 8.86. The van der Waals surface area contributed by atoms with Crippen molar-refractivity contribution < 1.29 is 19.4 Å². The lowest BCUT2D eigenvalue weighted by atomic mass is 10.1. The number of aromatic nitrogens is 2. The minimum atomic E-state index is -0.832. The lowest BCUT2D eigenvalue weighted by molar-refractivity contribution is -0.133. The van der Waals surface area contributed by atoms with Crippen molar-refractivity contribution in [1.82, 2.24) is 9.78 Å². The smallest absolute Gasteiger partial charge is 0.313 e. The van der Waals surface area contributed by atoms with Gasteiger partial charge < -0.3 is 15.2 Å². The van der Waals surface area contributed by atoms with Gasteiger partial charge in [-0.05, 0) is 37.5 Å². The monoisotopic (exact) mass is 389 g/mol. The Morgan fingerprint density at radius 3 is 2.89 bits per heavy atom. The molecule has 8 heteroatoms. The molecule has 0 bridgehead atoms. The van der Waals surface area contributed by atoms with E-state index >= 15 is 0 Å². The molecule has 0 spiro atoms. The molecule has 0 aliphatic carbocycles. The van der Waals surface area contributed by atoms with Gasteiger partial charge >= 0.3 is 5.97 Å². The van der Waals surface area contributed by atoms with Crippen molar-refractivity contribution in [2.24, 2.45) is 0 Å². The zero-order chi connectivity index (χ0) is 19.2. The zero-order valence-electron chi connectivity index (χ0n) is 15.2. The number of amides is 1. The maximum absolute atomic E-state index is 12.7. The molecule has 0 saturated carbocycles. The Balaban J connectivity index is 1.65. The average molecular weight is 389 g/mol. The van der Waals surface area contributed by atoms with E-state index in [1.807, 2.05) is 35.9 Å². The molecule has 2 heterocycles. The van der Waals surface area contributed by atoms with Crippen LogP contribution < -0.4 is 5.32 Å². The highest BCUT2D eigenvalue weighted by molar-refractivity contribution is 7.99. The summed E-state index contributed by atoms with van der Waals surface area (Å²) < 4.78 is 7.32. The van der Waals surface area contributed by atoms with Crippen molar-refractivity contribution in [1.29, 1.82) is 0 Å². The predicted octanol–water partition coefficient (Wildman–Crippen LogP) is 3.11. The van der Waals surface area contributed by atoms with Gasteiger partial charge in [-0.1, -0.05) is 12.1 Å². The molecule has 1 aromatic carbocycles. The topological polar surface area (TPSA) is 93.5 Å². The highest BCUT2D eigenvalue weighted by atomic mass is 32.2. The maximum Gasteiger partial charge on any atom is 0.313 e. The molecule has 144 valence electrons.